The molecule has 1 aromatic heterocycles. The van der Waals surface area contributed by atoms with Crippen molar-refractivity contribution in [1.29, 1.82) is 0 Å². The lowest BCUT2D eigenvalue weighted by Crippen LogP contribution is -2.14. The minimum absolute atomic E-state index is 0.289. The number of nitrogens with zero attached hydrogens (tertiary/aromatic N) is 2. The summed E-state index contributed by atoms with van der Waals surface area (Å²) in [7, 11) is 0. The third-order valence-electron chi connectivity index (χ3n) is 3.87. The van der Waals surface area contributed by atoms with Gasteiger partial charge >= 0.3 is 0 Å². The van der Waals surface area contributed by atoms with Crippen molar-refractivity contribution in [2.24, 2.45) is 5.73 Å². The molecule has 1 atom stereocenters. The molecule has 0 amide bonds. The molecule has 3 aromatic rings. The van der Waals surface area contributed by atoms with E-state index < -0.39 is 6.04 Å². The van der Waals surface area contributed by atoms with Crippen molar-refractivity contribution < 1.29 is 14.2 Å². The molecule has 0 spiro atoms. The van der Waals surface area contributed by atoms with Gasteiger partial charge in [0.2, 0.25) is 0 Å². The number of hydrogen-bond acceptors (Lipinski definition) is 6. The van der Waals surface area contributed by atoms with Gasteiger partial charge in [-0.25, -0.2) is 4.98 Å². The minimum Gasteiger partial charge on any atom is -0.490 e. The number of nitrogens with one attached hydrogen (secondary N) is 1. The van der Waals surface area contributed by atoms with Gasteiger partial charge in [-0.15, -0.1) is 0 Å². The Labute approximate surface area is 158 Å². The predicted molar refractivity (Wildman–Crippen MR) is 102 cm³/mol. The molecule has 2 aromatic carbocycles. The molecule has 0 saturated heterocycles. The molecule has 27 heavy (non-hydrogen) atoms. The first-order valence-electron chi connectivity index (χ1n) is 8.95. The van der Waals surface area contributed by atoms with Gasteiger partial charge in [0.25, 0.3) is 0 Å². The van der Waals surface area contributed by atoms with Gasteiger partial charge in [0.15, 0.2) is 23.1 Å². The molecular weight excluding hydrogens is 344 g/mol. The van der Waals surface area contributed by atoms with E-state index in [4.69, 9.17) is 19.9 Å². The SMILES string of the molecule is CCOc1ccc([C@@H](N)c2n[nH]c(COc3ccccc3)n2)cc1OCC. The third kappa shape index (κ3) is 4.77. The fraction of sp³-hybridized carbons (Fsp3) is 0.300. The highest BCUT2D eigenvalue weighted by molar-refractivity contribution is 5.44. The quantitative estimate of drug-likeness (QED) is 0.602. The first-order chi connectivity index (χ1) is 13.2. The lowest BCUT2D eigenvalue weighted by molar-refractivity contribution is 0.287. The molecule has 0 aliphatic carbocycles. The number of H-pyrrole nitrogens is 1. The number of ether oxygens (including phenoxy) is 3. The largest absolute Gasteiger partial charge is 0.490 e. The molecule has 0 aliphatic rings. The Morgan fingerprint density at radius 2 is 1.70 bits per heavy atom. The summed E-state index contributed by atoms with van der Waals surface area (Å²) in [6, 6.07) is 14.7. The van der Waals surface area contributed by atoms with Gasteiger partial charge in [-0.2, -0.15) is 5.10 Å². The van der Waals surface area contributed by atoms with Crippen LogP contribution in [0.3, 0.4) is 0 Å². The number of rotatable bonds is 9. The lowest BCUT2D eigenvalue weighted by atomic mass is 10.1. The van der Waals surface area contributed by atoms with Crippen LogP contribution < -0.4 is 19.9 Å². The van der Waals surface area contributed by atoms with Crippen LogP contribution in [0.5, 0.6) is 17.2 Å². The summed E-state index contributed by atoms with van der Waals surface area (Å²) in [6.07, 6.45) is 0. The van der Waals surface area contributed by atoms with Gasteiger partial charge in [0.1, 0.15) is 12.4 Å². The zero-order valence-electron chi connectivity index (χ0n) is 15.5. The first-order valence-corrected chi connectivity index (χ1v) is 8.95. The van der Waals surface area contributed by atoms with E-state index in [0.717, 1.165) is 11.3 Å². The Kier molecular flexibility index (Phi) is 6.27. The molecule has 0 radical (unpaired) electrons. The summed E-state index contributed by atoms with van der Waals surface area (Å²) in [4.78, 5) is 4.45. The molecule has 7 nitrogen and oxygen atoms in total. The molecule has 142 valence electrons. The second kappa shape index (κ2) is 9.05. The molecule has 0 bridgehead atoms. The maximum absolute atomic E-state index is 6.34. The Bertz CT molecular complexity index is 851. The molecule has 7 heteroatoms. The van der Waals surface area contributed by atoms with E-state index in [1.807, 2.05) is 62.4 Å². The number of nitrogens with two attached hydrogens (primary N) is 1. The summed E-state index contributed by atoms with van der Waals surface area (Å²) < 4.78 is 16.9. The van der Waals surface area contributed by atoms with Gasteiger partial charge in [0.05, 0.1) is 19.3 Å². The summed E-state index contributed by atoms with van der Waals surface area (Å²) in [6.45, 7) is 5.26. The van der Waals surface area contributed by atoms with Crippen LogP contribution in [0.2, 0.25) is 0 Å². The number of aromatic nitrogens is 3. The summed E-state index contributed by atoms with van der Waals surface area (Å²) >= 11 is 0. The number of hydrogen-bond donors (Lipinski definition) is 2. The normalized spacial score (nSPS) is 11.8. The Hall–Kier alpha value is -3.06. The molecule has 3 rings (SSSR count). The van der Waals surface area contributed by atoms with Gasteiger partial charge in [-0.05, 0) is 43.7 Å². The van der Waals surface area contributed by atoms with Crippen molar-refractivity contribution in [2.75, 3.05) is 13.2 Å². The summed E-state index contributed by atoms with van der Waals surface area (Å²) in [5.41, 5.74) is 7.19. The third-order valence-corrected chi connectivity index (χ3v) is 3.87. The average molecular weight is 368 g/mol. The van der Waals surface area contributed by atoms with Crippen LogP contribution in [0.15, 0.2) is 48.5 Å². The van der Waals surface area contributed by atoms with Crippen LogP contribution in [-0.2, 0) is 6.61 Å². The van der Waals surface area contributed by atoms with Crippen LogP contribution in [0, 0.1) is 0 Å². The Morgan fingerprint density at radius 3 is 2.44 bits per heavy atom. The zero-order chi connectivity index (χ0) is 19.1. The average Bonchev–Trinajstić information content (AvgIpc) is 3.17. The van der Waals surface area contributed by atoms with Crippen LogP contribution in [0.4, 0.5) is 0 Å². The molecule has 0 saturated carbocycles. The van der Waals surface area contributed by atoms with Gasteiger partial charge < -0.3 is 19.9 Å². The summed E-state index contributed by atoms with van der Waals surface area (Å²) in [5.74, 6) is 3.24. The molecule has 1 heterocycles. The first kappa shape index (κ1) is 18.7. The van der Waals surface area contributed by atoms with Gasteiger partial charge in [-0.1, -0.05) is 24.3 Å². The number of benzene rings is 2. The van der Waals surface area contributed by atoms with Crippen LogP contribution in [0.1, 0.15) is 37.1 Å². The topological polar surface area (TPSA) is 95.3 Å². The van der Waals surface area contributed by atoms with Crippen molar-refractivity contribution in [3.05, 3.63) is 65.7 Å². The van der Waals surface area contributed by atoms with E-state index in [-0.39, 0.29) is 6.61 Å². The second-order valence-electron chi connectivity index (χ2n) is 5.79. The highest BCUT2D eigenvalue weighted by Gasteiger charge is 2.17. The van der Waals surface area contributed by atoms with Crippen molar-refractivity contribution >= 4 is 0 Å². The second-order valence-corrected chi connectivity index (χ2v) is 5.79. The van der Waals surface area contributed by atoms with Gasteiger partial charge in [0, 0.05) is 0 Å². The predicted octanol–water partition coefficient (Wildman–Crippen LogP) is 3.23. The molecule has 0 unspecified atom stereocenters. The fourth-order valence-electron chi connectivity index (χ4n) is 2.59. The molecular formula is C20H24N4O3. The monoisotopic (exact) mass is 368 g/mol. The van der Waals surface area contributed by atoms with E-state index in [1.54, 1.807) is 0 Å². The van der Waals surface area contributed by atoms with Crippen molar-refractivity contribution in [2.45, 2.75) is 26.5 Å². The maximum Gasteiger partial charge on any atom is 0.172 e. The van der Waals surface area contributed by atoms with E-state index in [9.17, 15) is 0 Å². The van der Waals surface area contributed by atoms with Crippen molar-refractivity contribution in [3.8, 4) is 17.2 Å². The highest BCUT2D eigenvalue weighted by Crippen LogP contribution is 2.31. The van der Waals surface area contributed by atoms with Crippen molar-refractivity contribution in [3.63, 3.8) is 0 Å². The molecule has 0 aliphatic heterocycles. The smallest absolute Gasteiger partial charge is 0.172 e. The number of para-hydroxylation sites is 1. The van der Waals surface area contributed by atoms with Gasteiger partial charge in [-0.3, -0.25) is 5.10 Å². The lowest BCUT2D eigenvalue weighted by Gasteiger charge is -2.14. The minimum atomic E-state index is -0.485. The number of aromatic amines is 1. The van der Waals surface area contributed by atoms with Crippen molar-refractivity contribution in [1.82, 2.24) is 15.2 Å². The maximum atomic E-state index is 6.34. The molecule has 0 fully saturated rings. The van der Waals surface area contributed by atoms with Crippen LogP contribution in [0.25, 0.3) is 0 Å². The zero-order valence-corrected chi connectivity index (χ0v) is 15.5. The van der Waals surface area contributed by atoms with E-state index in [2.05, 4.69) is 15.2 Å². The van der Waals surface area contributed by atoms with E-state index in [1.165, 1.54) is 0 Å². The Morgan fingerprint density at radius 1 is 0.963 bits per heavy atom. The fourth-order valence-corrected chi connectivity index (χ4v) is 2.59. The van der Waals surface area contributed by atoms with Crippen LogP contribution >= 0.6 is 0 Å². The van der Waals surface area contributed by atoms with E-state index >= 15 is 0 Å². The Balaban J connectivity index is 1.71. The highest BCUT2D eigenvalue weighted by atomic mass is 16.5. The standard InChI is InChI=1S/C20H24N4O3/c1-3-25-16-11-10-14(12-17(16)26-4-2)19(21)20-22-18(23-24-20)13-27-15-8-6-5-7-9-15/h5-12,19H,3-4,13,21H2,1-2H3,(H,22,23,24)/t19-/m1/s1. The van der Waals surface area contributed by atoms with Crippen LogP contribution in [-0.4, -0.2) is 28.4 Å². The molecule has 3 N–H and O–H groups in total. The van der Waals surface area contributed by atoms with E-state index in [0.29, 0.717) is 36.4 Å². The summed E-state index contributed by atoms with van der Waals surface area (Å²) in [5, 5.41) is 7.10.